The Morgan fingerprint density at radius 2 is 1.17 bits per heavy atom. The van der Waals surface area contributed by atoms with Gasteiger partial charge in [0.1, 0.15) is 0 Å². The number of rotatable bonds is 1. The zero-order valence-corrected chi connectivity index (χ0v) is 7.18. The molecule has 0 aromatic carbocycles. The fraction of sp³-hybridized carbons (Fsp3) is 0.667. The minimum absolute atomic E-state index is 0. The molecule has 6 heavy (non-hydrogen) atoms. The number of hydrogen-bond acceptors (Lipinski definition) is 0. The molecule has 0 aliphatic heterocycles. The van der Waals surface area contributed by atoms with E-state index in [4.69, 9.17) is 0 Å². The van der Waals surface area contributed by atoms with Crippen LogP contribution in [-0.2, 0) is 16.5 Å². The summed E-state index contributed by atoms with van der Waals surface area (Å²) in [5.41, 5.74) is 0. The Balaban J connectivity index is -0.0000000450. The molecule has 0 aliphatic rings. The molecule has 0 radical (unpaired) electrons. The van der Waals surface area contributed by atoms with Crippen molar-refractivity contribution in [2.24, 2.45) is 0 Å². The largest absolute Gasteiger partial charge is 0.358 e. The van der Waals surface area contributed by atoms with Crippen molar-refractivity contribution in [1.82, 2.24) is 0 Å². The standard InChI is InChI=1S/C2H8P2.CH3.Ni/c3-1-2-4;;/h1-4H2;1H3;/q;-1;. The molecule has 0 aliphatic carbocycles. The fourth-order valence-electron chi connectivity index (χ4n) is 0. The van der Waals surface area contributed by atoms with Crippen molar-refractivity contribution in [2.45, 2.75) is 0 Å². The van der Waals surface area contributed by atoms with Crippen LogP contribution >= 0.6 is 18.5 Å². The molecule has 0 heterocycles. The summed E-state index contributed by atoms with van der Waals surface area (Å²) < 4.78 is 0. The van der Waals surface area contributed by atoms with Crippen LogP contribution in [0.1, 0.15) is 0 Å². The topological polar surface area (TPSA) is 0 Å². The van der Waals surface area contributed by atoms with Crippen LogP contribution in [0.2, 0.25) is 0 Å². The second-order valence-corrected chi connectivity index (χ2v) is 1.73. The molecule has 3 heteroatoms. The average molecular weight is 168 g/mol. The zero-order valence-electron chi connectivity index (χ0n) is 3.89. The van der Waals surface area contributed by atoms with E-state index in [1.54, 1.807) is 0 Å². The first-order valence-electron chi connectivity index (χ1n) is 1.32. The zero-order chi connectivity index (χ0) is 3.41. The predicted molar refractivity (Wildman–Crippen MR) is 35.6 cm³/mol. The van der Waals surface area contributed by atoms with E-state index in [1.807, 2.05) is 0 Å². The SMILES string of the molecule is PCCP.[CH3-].[Ni]. The molecular weight excluding hydrogens is 157 g/mol. The minimum atomic E-state index is 0. The van der Waals surface area contributed by atoms with Gasteiger partial charge in [0, 0.05) is 16.5 Å². The van der Waals surface area contributed by atoms with E-state index in [9.17, 15) is 0 Å². The van der Waals surface area contributed by atoms with Crippen molar-refractivity contribution in [3.63, 3.8) is 0 Å². The molecule has 0 N–H and O–H groups in total. The molecule has 0 bridgehead atoms. The number of hydrogen-bond donors (Lipinski definition) is 0. The van der Waals surface area contributed by atoms with Gasteiger partial charge >= 0.3 is 0 Å². The summed E-state index contributed by atoms with van der Waals surface area (Å²) in [7, 11) is 5.27. The van der Waals surface area contributed by atoms with Gasteiger partial charge in [-0.3, -0.25) is 0 Å². The van der Waals surface area contributed by atoms with Crippen molar-refractivity contribution < 1.29 is 16.5 Å². The molecule has 0 aromatic heterocycles. The van der Waals surface area contributed by atoms with Crippen molar-refractivity contribution in [3.8, 4) is 0 Å². The van der Waals surface area contributed by atoms with Crippen LogP contribution in [0.25, 0.3) is 0 Å². The third kappa shape index (κ3) is 18.3. The van der Waals surface area contributed by atoms with E-state index in [-0.39, 0.29) is 23.9 Å². The molecule has 0 amide bonds. The normalized spacial score (nSPS) is 5.00. The van der Waals surface area contributed by atoms with Crippen molar-refractivity contribution in [3.05, 3.63) is 7.43 Å². The summed E-state index contributed by atoms with van der Waals surface area (Å²) >= 11 is 0. The first-order valence-corrected chi connectivity index (χ1v) is 2.95. The van der Waals surface area contributed by atoms with E-state index in [1.165, 1.54) is 12.3 Å². The van der Waals surface area contributed by atoms with Gasteiger partial charge in [-0.25, -0.2) is 0 Å². The third-order valence-corrected chi connectivity index (χ3v) is 1.50. The second kappa shape index (κ2) is 16.2. The Labute approximate surface area is 55.2 Å². The van der Waals surface area contributed by atoms with Crippen LogP contribution in [0, 0.1) is 7.43 Å². The van der Waals surface area contributed by atoms with Crippen LogP contribution < -0.4 is 0 Å². The van der Waals surface area contributed by atoms with Gasteiger partial charge in [-0.05, 0) is 12.3 Å². The molecule has 0 nitrogen and oxygen atoms in total. The fourth-order valence-corrected chi connectivity index (χ4v) is 0. The van der Waals surface area contributed by atoms with Gasteiger partial charge in [0.2, 0.25) is 0 Å². The maximum absolute atomic E-state index is 2.63. The van der Waals surface area contributed by atoms with E-state index in [2.05, 4.69) is 18.5 Å². The molecule has 0 saturated carbocycles. The Kier molecular flexibility index (Phi) is 42.3. The average Bonchev–Trinajstić information content (AvgIpc) is 1.37. The van der Waals surface area contributed by atoms with Crippen molar-refractivity contribution in [1.29, 1.82) is 0 Å². The maximum Gasteiger partial charge on any atom is 0 e. The Hall–Kier alpha value is 1.35. The Bertz CT molecular complexity index is 10.8. The quantitative estimate of drug-likeness (QED) is 0.313. The minimum Gasteiger partial charge on any atom is -0.358 e. The Morgan fingerprint density at radius 1 is 1.00 bits per heavy atom. The summed E-state index contributed by atoms with van der Waals surface area (Å²) in [5.74, 6) is 0. The smallest absolute Gasteiger partial charge is 0 e. The van der Waals surface area contributed by atoms with Crippen molar-refractivity contribution in [2.75, 3.05) is 12.3 Å². The first kappa shape index (κ1) is 15.7. The van der Waals surface area contributed by atoms with Gasteiger partial charge in [-0.1, -0.05) is 0 Å². The summed E-state index contributed by atoms with van der Waals surface area (Å²) in [6.45, 7) is 0. The van der Waals surface area contributed by atoms with Gasteiger partial charge in [0.25, 0.3) is 0 Å². The second-order valence-electron chi connectivity index (χ2n) is 0.577. The monoisotopic (exact) mass is 167 g/mol. The summed E-state index contributed by atoms with van der Waals surface area (Å²) in [5, 5.41) is 0. The third-order valence-electron chi connectivity index (χ3n) is 0.167. The molecule has 0 rings (SSSR count). The van der Waals surface area contributed by atoms with Gasteiger partial charge in [0.15, 0.2) is 0 Å². The molecule has 0 spiro atoms. The van der Waals surface area contributed by atoms with Gasteiger partial charge in [-0.2, -0.15) is 0 Å². The molecule has 0 fully saturated rings. The molecular formula is C3H11NiP2-. The van der Waals surface area contributed by atoms with Gasteiger partial charge in [0.05, 0.1) is 0 Å². The molecule has 2 unspecified atom stereocenters. The van der Waals surface area contributed by atoms with E-state index >= 15 is 0 Å². The summed E-state index contributed by atoms with van der Waals surface area (Å²) in [4.78, 5) is 0. The van der Waals surface area contributed by atoms with E-state index in [0.717, 1.165) is 0 Å². The van der Waals surface area contributed by atoms with Crippen LogP contribution in [-0.4, -0.2) is 12.3 Å². The van der Waals surface area contributed by atoms with E-state index < -0.39 is 0 Å². The predicted octanol–water partition coefficient (Wildman–Crippen LogP) is 1.18. The van der Waals surface area contributed by atoms with Gasteiger partial charge < -0.3 is 7.43 Å². The summed E-state index contributed by atoms with van der Waals surface area (Å²) in [6, 6.07) is 0. The molecule has 0 saturated heterocycles. The van der Waals surface area contributed by atoms with Crippen LogP contribution in [0.15, 0.2) is 0 Å². The van der Waals surface area contributed by atoms with Crippen LogP contribution in [0.4, 0.5) is 0 Å². The Morgan fingerprint density at radius 3 is 1.17 bits per heavy atom. The van der Waals surface area contributed by atoms with Crippen molar-refractivity contribution >= 4 is 18.5 Å². The van der Waals surface area contributed by atoms with Gasteiger partial charge in [-0.15, -0.1) is 18.5 Å². The van der Waals surface area contributed by atoms with E-state index in [0.29, 0.717) is 0 Å². The summed E-state index contributed by atoms with van der Waals surface area (Å²) in [6.07, 6.45) is 2.40. The van der Waals surface area contributed by atoms with Crippen LogP contribution in [0.3, 0.4) is 0 Å². The maximum atomic E-state index is 2.63. The van der Waals surface area contributed by atoms with Crippen LogP contribution in [0.5, 0.6) is 0 Å². The molecule has 2 atom stereocenters. The molecule has 44 valence electrons. The first-order chi connectivity index (χ1) is 1.91. The molecule has 0 aromatic rings.